The molecule has 0 aromatic heterocycles. The number of anilines is 1. The van der Waals surface area contributed by atoms with Crippen molar-refractivity contribution in [3.63, 3.8) is 0 Å². The van der Waals surface area contributed by atoms with Gasteiger partial charge < -0.3 is 4.90 Å². The summed E-state index contributed by atoms with van der Waals surface area (Å²) >= 11 is 0. The average molecular weight is 279 g/mol. The van der Waals surface area contributed by atoms with Crippen LogP contribution in [0.15, 0.2) is 58.8 Å². The lowest BCUT2D eigenvalue weighted by atomic mass is 10.2. The van der Waals surface area contributed by atoms with Crippen molar-refractivity contribution < 1.29 is 0 Å². The quantitative estimate of drug-likeness (QED) is 0.701. The molecule has 2 aromatic rings. The Morgan fingerprint density at radius 1 is 0.810 bits per heavy atom. The Labute approximate surface area is 126 Å². The minimum absolute atomic E-state index is 0.899. The average Bonchev–Trinajstić information content (AvgIpc) is 3.08. The maximum Gasteiger partial charge on any atom is 0.0858 e. The molecule has 0 spiro atoms. The first-order chi connectivity index (χ1) is 10.3. The summed E-state index contributed by atoms with van der Waals surface area (Å²) in [6, 6.07) is 16.6. The molecular weight excluding hydrogens is 258 g/mol. The highest BCUT2D eigenvalue weighted by Gasteiger charge is 2.11. The highest BCUT2D eigenvalue weighted by Crippen LogP contribution is 2.24. The van der Waals surface area contributed by atoms with Crippen molar-refractivity contribution in [2.45, 2.75) is 26.2 Å². The van der Waals surface area contributed by atoms with E-state index in [2.05, 4.69) is 46.3 Å². The fourth-order valence-corrected chi connectivity index (χ4v) is 2.62. The van der Waals surface area contributed by atoms with Crippen molar-refractivity contribution >= 4 is 17.1 Å². The highest BCUT2D eigenvalue weighted by molar-refractivity contribution is 5.53. The van der Waals surface area contributed by atoms with Crippen LogP contribution in [0.25, 0.3) is 0 Å². The number of azo groups is 1. The van der Waals surface area contributed by atoms with E-state index in [-0.39, 0.29) is 0 Å². The summed E-state index contributed by atoms with van der Waals surface area (Å²) in [5, 5.41) is 8.60. The van der Waals surface area contributed by atoms with Crippen molar-refractivity contribution in [3.8, 4) is 0 Å². The lowest BCUT2D eigenvalue weighted by Gasteiger charge is -2.17. The van der Waals surface area contributed by atoms with Crippen LogP contribution in [0.3, 0.4) is 0 Å². The Morgan fingerprint density at radius 3 is 1.86 bits per heavy atom. The molecule has 0 N–H and O–H groups in total. The highest BCUT2D eigenvalue weighted by atomic mass is 15.1. The van der Waals surface area contributed by atoms with Gasteiger partial charge in [-0.1, -0.05) is 19.1 Å². The van der Waals surface area contributed by atoms with Crippen LogP contribution in [-0.4, -0.2) is 13.1 Å². The molecular formula is C18H21N3. The molecule has 21 heavy (non-hydrogen) atoms. The molecule has 1 aliphatic heterocycles. The van der Waals surface area contributed by atoms with E-state index < -0.39 is 0 Å². The van der Waals surface area contributed by atoms with E-state index in [1.54, 1.807) is 0 Å². The van der Waals surface area contributed by atoms with E-state index in [1.165, 1.54) is 37.2 Å². The zero-order chi connectivity index (χ0) is 14.5. The van der Waals surface area contributed by atoms with Gasteiger partial charge in [0, 0.05) is 18.8 Å². The third kappa shape index (κ3) is 3.48. The summed E-state index contributed by atoms with van der Waals surface area (Å²) in [4.78, 5) is 2.42. The maximum absolute atomic E-state index is 4.31. The molecule has 0 aliphatic carbocycles. The monoisotopic (exact) mass is 279 g/mol. The van der Waals surface area contributed by atoms with Crippen molar-refractivity contribution in [2.24, 2.45) is 10.2 Å². The van der Waals surface area contributed by atoms with Crippen molar-refractivity contribution in [3.05, 3.63) is 54.1 Å². The predicted molar refractivity (Wildman–Crippen MR) is 87.9 cm³/mol. The van der Waals surface area contributed by atoms with Crippen LogP contribution in [0.5, 0.6) is 0 Å². The van der Waals surface area contributed by atoms with Crippen LogP contribution in [0.2, 0.25) is 0 Å². The minimum atomic E-state index is 0.899. The van der Waals surface area contributed by atoms with Crippen molar-refractivity contribution in [2.75, 3.05) is 18.0 Å². The Bertz CT molecular complexity index is 593. The lowest BCUT2D eigenvalue weighted by molar-refractivity contribution is 0.949. The van der Waals surface area contributed by atoms with E-state index in [0.29, 0.717) is 0 Å². The Hall–Kier alpha value is -2.16. The van der Waals surface area contributed by atoms with Gasteiger partial charge >= 0.3 is 0 Å². The number of hydrogen-bond acceptors (Lipinski definition) is 3. The van der Waals surface area contributed by atoms with Gasteiger partial charge in [-0.25, -0.2) is 0 Å². The molecule has 0 unspecified atom stereocenters. The maximum atomic E-state index is 4.31. The van der Waals surface area contributed by atoms with E-state index in [1.807, 2.05) is 24.3 Å². The van der Waals surface area contributed by atoms with Crippen molar-refractivity contribution in [1.82, 2.24) is 0 Å². The van der Waals surface area contributed by atoms with E-state index in [4.69, 9.17) is 0 Å². The first kappa shape index (κ1) is 13.8. The number of aryl methyl sites for hydroxylation is 1. The minimum Gasteiger partial charge on any atom is -0.372 e. The first-order valence-corrected chi connectivity index (χ1v) is 7.71. The van der Waals surface area contributed by atoms with Gasteiger partial charge in [0.15, 0.2) is 0 Å². The zero-order valence-corrected chi connectivity index (χ0v) is 12.5. The third-order valence-corrected chi connectivity index (χ3v) is 3.95. The predicted octanol–water partition coefficient (Wildman–Crippen LogP) is 5.26. The molecule has 1 fully saturated rings. The Morgan fingerprint density at radius 2 is 1.33 bits per heavy atom. The number of rotatable bonds is 4. The van der Waals surface area contributed by atoms with Gasteiger partial charge in [-0.05, 0) is 61.2 Å². The first-order valence-electron chi connectivity index (χ1n) is 7.71. The summed E-state index contributed by atoms with van der Waals surface area (Å²) in [6.07, 6.45) is 3.65. The zero-order valence-electron chi connectivity index (χ0n) is 12.5. The van der Waals surface area contributed by atoms with Crippen LogP contribution in [0.4, 0.5) is 17.1 Å². The van der Waals surface area contributed by atoms with Gasteiger partial charge in [-0.15, -0.1) is 0 Å². The second kappa shape index (κ2) is 6.53. The molecule has 0 amide bonds. The van der Waals surface area contributed by atoms with Crippen LogP contribution in [0.1, 0.15) is 25.3 Å². The smallest absolute Gasteiger partial charge is 0.0858 e. The largest absolute Gasteiger partial charge is 0.372 e. The molecule has 0 bridgehead atoms. The second-order valence-electron chi connectivity index (χ2n) is 5.43. The van der Waals surface area contributed by atoms with E-state index >= 15 is 0 Å². The molecule has 0 atom stereocenters. The van der Waals surface area contributed by atoms with Crippen LogP contribution in [-0.2, 0) is 6.42 Å². The van der Waals surface area contributed by atoms with Crippen molar-refractivity contribution in [1.29, 1.82) is 0 Å². The van der Waals surface area contributed by atoms with Gasteiger partial charge in [-0.3, -0.25) is 0 Å². The molecule has 1 heterocycles. The van der Waals surface area contributed by atoms with Crippen LogP contribution in [0, 0.1) is 0 Å². The number of nitrogens with zero attached hydrogens (tertiary/aromatic N) is 3. The standard InChI is InChI=1S/C18H21N3/c1-2-15-5-7-16(8-6-15)19-20-17-9-11-18(12-10-17)21-13-3-4-14-21/h5-12H,2-4,13-14H2,1H3. The molecule has 2 aromatic carbocycles. The molecule has 108 valence electrons. The summed E-state index contributed by atoms with van der Waals surface area (Å²) in [7, 11) is 0. The lowest BCUT2D eigenvalue weighted by Crippen LogP contribution is -2.17. The fourth-order valence-electron chi connectivity index (χ4n) is 2.62. The Balaban J connectivity index is 1.67. The van der Waals surface area contributed by atoms with Gasteiger partial charge in [0.25, 0.3) is 0 Å². The number of benzene rings is 2. The van der Waals surface area contributed by atoms with Crippen LogP contribution < -0.4 is 4.90 Å². The third-order valence-electron chi connectivity index (χ3n) is 3.95. The fraction of sp³-hybridized carbons (Fsp3) is 0.333. The normalized spacial score (nSPS) is 15.0. The molecule has 3 nitrogen and oxygen atoms in total. The molecule has 3 heteroatoms. The number of hydrogen-bond donors (Lipinski definition) is 0. The molecule has 1 aliphatic rings. The topological polar surface area (TPSA) is 28.0 Å². The SMILES string of the molecule is CCc1ccc(N=Nc2ccc(N3CCCC3)cc2)cc1. The van der Waals surface area contributed by atoms with E-state index in [9.17, 15) is 0 Å². The van der Waals surface area contributed by atoms with Gasteiger partial charge in [0.2, 0.25) is 0 Å². The summed E-state index contributed by atoms with van der Waals surface area (Å²) in [6.45, 7) is 4.49. The molecule has 0 saturated carbocycles. The van der Waals surface area contributed by atoms with Crippen LogP contribution >= 0.6 is 0 Å². The molecule has 0 radical (unpaired) electrons. The summed E-state index contributed by atoms with van der Waals surface area (Å²) in [5.74, 6) is 0. The van der Waals surface area contributed by atoms with Gasteiger partial charge in [-0.2, -0.15) is 10.2 Å². The van der Waals surface area contributed by atoms with Gasteiger partial charge in [0.05, 0.1) is 11.4 Å². The molecule has 3 rings (SSSR count). The molecule has 1 saturated heterocycles. The Kier molecular flexibility index (Phi) is 4.29. The van der Waals surface area contributed by atoms with Gasteiger partial charge in [0.1, 0.15) is 0 Å². The summed E-state index contributed by atoms with van der Waals surface area (Å²) < 4.78 is 0. The van der Waals surface area contributed by atoms with E-state index in [0.717, 1.165) is 17.8 Å². The summed E-state index contributed by atoms with van der Waals surface area (Å²) in [5.41, 5.74) is 4.41. The second-order valence-corrected chi connectivity index (χ2v) is 5.43.